The number of aliphatic hydroxyl groups excluding tert-OH is 1. The predicted octanol–water partition coefficient (Wildman–Crippen LogP) is 1.98. The van der Waals surface area contributed by atoms with Gasteiger partial charge in [-0.3, -0.25) is 9.58 Å². The molecular weight excluding hydrogens is 238 g/mol. The molecule has 0 saturated carbocycles. The maximum Gasteiger partial charge on any atom is 0.0765 e. The first-order chi connectivity index (χ1) is 9.12. The Morgan fingerprint density at radius 1 is 1.32 bits per heavy atom. The van der Waals surface area contributed by atoms with Crippen molar-refractivity contribution in [1.29, 1.82) is 0 Å². The van der Waals surface area contributed by atoms with Crippen LogP contribution in [-0.2, 0) is 13.5 Å². The number of aryl methyl sites for hydroxylation is 1. The highest BCUT2D eigenvalue weighted by Crippen LogP contribution is 2.32. The molecule has 108 valence electrons. The minimum absolute atomic E-state index is 0.0632. The first kappa shape index (κ1) is 14.5. The minimum atomic E-state index is -0.315. The molecule has 0 amide bonds. The van der Waals surface area contributed by atoms with Gasteiger partial charge in [0.25, 0.3) is 0 Å². The summed E-state index contributed by atoms with van der Waals surface area (Å²) in [5.41, 5.74) is 1.06. The van der Waals surface area contributed by atoms with Crippen molar-refractivity contribution in [1.82, 2.24) is 14.7 Å². The van der Waals surface area contributed by atoms with E-state index in [-0.39, 0.29) is 11.6 Å². The molecule has 0 bridgehead atoms. The second-order valence-electron chi connectivity index (χ2n) is 5.75. The smallest absolute Gasteiger partial charge is 0.0765 e. The summed E-state index contributed by atoms with van der Waals surface area (Å²) >= 11 is 0. The molecule has 4 heteroatoms. The molecular formula is C15H27N3O. The second-order valence-corrected chi connectivity index (χ2v) is 5.75. The number of aliphatic hydroxyl groups is 1. The normalized spacial score (nSPS) is 18.9. The molecule has 2 rings (SSSR count). The zero-order valence-corrected chi connectivity index (χ0v) is 12.5. The van der Waals surface area contributed by atoms with E-state index in [1.54, 1.807) is 4.68 Å². The van der Waals surface area contributed by atoms with Gasteiger partial charge in [-0.15, -0.1) is 0 Å². The van der Waals surface area contributed by atoms with E-state index in [2.05, 4.69) is 23.8 Å². The van der Waals surface area contributed by atoms with Gasteiger partial charge in [0.1, 0.15) is 0 Å². The molecule has 1 unspecified atom stereocenters. The fraction of sp³-hybridized carbons (Fsp3) is 0.800. The molecule has 0 radical (unpaired) electrons. The summed E-state index contributed by atoms with van der Waals surface area (Å²) < 4.78 is 1.80. The number of rotatable bonds is 6. The van der Waals surface area contributed by atoms with E-state index < -0.39 is 0 Å². The number of aromatic nitrogens is 2. The first-order valence-corrected chi connectivity index (χ1v) is 7.53. The van der Waals surface area contributed by atoms with E-state index >= 15 is 0 Å². The van der Waals surface area contributed by atoms with E-state index in [1.165, 1.54) is 12.8 Å². The van der Waals surface area contributed by atoms with E-state index in [1.807, 2.05) is 19.4 Å². The maximum atomic E-state index is 10.8. The summed E-state index contributed by atoms with van der Waals surface area (Å²) in [7, 11) is 1.92. The lowest BCUT2D eigenvalue weighted by molar-refractivity contribution is -0.0270. The van der Waals surface area contributed by atoms with Gasteiger partial charge >= 0.3 is 0 Å². The fourth-order valence-electron chi connectivity index (χ4n) is 3.53. The van der Waals surface area contributed by atoms with Crippen molar-refractivity contribution in [2.24, 2.45) is 7.05 Å². The van der Waals surface area contributed by atoms with E-state index in [4.69, 9.17) is 0 Å². The van der Waals surface area contributed by atoms with Gasteiger partial charge in [0.15, 0.2) is 0 Å². The molecule has 0 aromatic carbocycles. The van der Waals surface area contributed by atoms with Crippen LogP contribution in [0.4, 0.5) is 0 Å². The van der Waals surface area contributed by atoms with Crippen molar-refractivity contribution in [2.75, 3.05) is 13.1 Å². The van der Waals surface area contributed by atoms with Gasteiger partial charge in [-0.2, -0.15) is 5.10 Å². The molecule has 1 aromatic heterocycles. The van der Waals surface area contributed by atoms with Gasteiger partial charge in [-0.25, -0.2) is 0 Å². The summed E-state index contributed by atoms with van der Waals surface area (Å²) in [5.74, 6) is 0. The van der Waals surface area contributed by atoms with Gasteiger partial charge in [0.05, 0.1) is 12.3 Å². The van der Waals surface area contributed by atoms with Gasteiger partial charge in [0.2, 0.25) is 0 Å². The third kappa shape index (κ3) is 2.84. The quantitative estimate of drug-likeness (QED) is 0.855. The lowest BCUT2D eigenvalue weighted by Gasteiger charge is -2.44. The summed E-state index contributed by atoms with van der Waals surface area (Å²) in [5, 5.41) is 15.0. The van der Waals surface area contributed by atoms with Crippen molar-refractivity contribution >= 4 is 0 Å². The Morgan fingerprint density at radius 3 is 2.42 bits per heavy atom. The van der Waals surface area contributed by atoms with Crippen molar-refractivity contribution in [3.8, 4) is 0 Å². The van der Waals surface area contributed by atoms with Gasteiger partial charge in [-0.1, -0.05) is 13.8 Å². The molecule has 1 N–H and O–H groups in total. The standard InChI is InChI=1S/C15H27N3O/c1-4-15(5-2,18-8-6-7-9-18)14(19)10-13-11-16-17(3)12-13/h11-12,14,19H,4-10H2,1-3H3. The third-order valence-electron chi connectivity index (χ3n) is 4.77. The summed E-state index contributed by atoms with van der Waals surface area (Å²) in [6, 6.07) is 0. The Balaban J connectivity index is 2.13. The predicted molar refractivity (Wildman–Crippen MR) is 77.0 cm³/mol. The van der Waals surface area contributed by atoms with Gasteiger partial charge in [-0.05, 0) is 44.3 Å². The largest absolute Gasteiger partial charge is 0.391 e. The van der Waals surface area contributed by atoms with Crippen LogP contribution in [0.3, 0.4) is 0 Å². The Morgan fingerprint density at radius 2 is 1.95 bits per heavy atom. The van der Waals surface area contributed by atoms with Crippen LogP contribution in [-0.4, -0.2) is 44.5 Å². The van der Waals surface area contributed by atoms with Crippen LogP contribution in [0.2, 0.25) is 0 Å². The average Bonchev–Trinajstić information content (AvgIpc) is 3.04. The number of likely N-dealkylation sites (tertiary alicyclic amines) is 1. The highest BCUT2D eigenvalue weighted by Gasteiger charge is 2.41. The molecule has 1 aromatic rings. The molecule has 2 heterocycles. The summed E-state index contributed by atoms with van der Waals surface area (Å²) in [6.07, 6.45) is 8.79. The van der Waals surface area contributed by atoms with Crippen LogP contribution in [0.5, 0.6) is 0 Å². The molecule has 0 spiro atoms. The molecule has 19 heavy (non-hydrogen) atoms. The number of hydrogen-bond donors (Lipinski definition) is 1. The third-order valence-corrected chi connectivity index (χ3v) is 4.77. The molecule has 1 aliphatic rings. The van der Waals surface area contributed by atoms with E-state index in [9.17, 15) is 5.11 Å². The number of hydrogen-bond acceptors (Lipinski definition) is 3. The Labute approximate surface area is 116 Å². The van der Waals surface area contributed by atoms with Gasteiger partial charge < -0.3 is 5.11 Å². The monoisotopic (exact) mass is 265 g/mol. The van der Waals surface area contributed by atoms with Crippen molar-refractivity contribution in [2.45, 2.75) is 57.6 Å². The Bertz CT molecular complexity index is 392. The highest BCUT2D eigenvalue weighted by molar-refractivity contribution is 5.09. The first-order valence-electron chi connectivity index (χ1n) is 7.53. The number of nitrogens with zero attached hydrogens (tertiary/aromatic N) is 3. The lowest BCUT2D eigenvalue weighted by atomic mass is 9.82. The van der Waals surface area contributed by atoms with E-state index in [0.717, 1.165) is 31.5 Å². The van der Waals surface area contributed by atoms with Crippen molar-refractivity contribution in [3.63, 3.8) is 0 Å². The Hall–Kier alpha value is -0.870. The molecule has 4 nitrogen and oxygen atoms in total. The fourth-order valence-corrected chi connectivity index (χ4v) is 3.53. The summed E-state index contributed by atoms with van der Waals surface area (Å²) in [6.45, 7) is 6.67. The van der Waals surface area contributed by atoms with Crippen LogP contribution in [0.1, 0.15) is 45.1 Å². The maximum absolute atomic E-state index is 10.8. The highest BCUT2D eigenvalue weighted by atomic mass is 16.3. The zero-order valence-electron chi connectivity index (χ0n) is 12.5. The topological polar surface area (TPSA) is 41.3 Å². The molecule has 1 aliphatic heterocycles. The van der Waals surface area contributed by atoms with Crippen molar-refractivity contribution < 1.29 is 5.11 Å². The lowest BCUT2D eigenvalue weighted by Crippen LogP contribution is -2.55. The van der Waals surface area contributed by atoms with Crippen LogP contribution in [0.15, 0.2) is 12.4 Å². The Kier molecular flexibility index (Phi) is 4.63. The summed E-state index contributed by atoms with van der Waals surface area (Å²) in [4.78, 5) is 2.51. The van der Waals surface area contributed by atoms with Crippen LogP contribution >= 0.6 is 0 Å². The molecule has 1 fully saturated rings. The van der Waals surface area contributed by atoms with Crippen molar-refractivity contribution in [3.05, 3.63) is 18.0 Å². The van der Waals surface area contributed by atoms with Gasteiger partial charge in [0, 0.05) is 25.2 Å². The molecule has 1 saturated heterocycles. The molecule has 0 aliphatic carbocycles. The van der Waals surface area contributed by atoms with Crippen LogP contribution < -0.4 is 0 Å². The average molecular weight is 265 g/mol. The zero-order chi connectivity index (χ0) is 13.9. The SMILES string of the molecule is CCC(CC)(C(O)Cc1cnn(C)c1)N1CCCC1. The second kappa shape index (κ2) is 6.06. The van der Waals surface area contributed by atoms with Crippen LogP contribution in [0, 0.1) is 0 Å². The minimum Gasteiger partial charge on any atom is -0.391 e. The van der Waals surface area contributed by atoms with Crippen LogP contribution in [0.25, 0.3) is 0 Å². The van der Waals surface area contributed by atoms with E-state index in [0.29, 0.717) is 6.42 Å². The molecule has 1 atom stereocenters.